The number of aromatic amines is 1. The molecule has 1 aromatic carbocycles. The fourth-order valence-corrected chi connectivity index (χ4v) is 3.32. The molecular weight excluding hydrogens is 328 g/mol. The zero-order valence-corrected chi connectivity index (χ0v) is 15.8. The van der Waals surface area contributed by atoms with E-state index in [0.29, 0.717) is 43.2 Å². The molecule has 0 unspecified atom stereocenters. The van der Waals surface area contributed by atoms with E-state index in [4.69, 9.17) is 0 Å². The Labute approximate surface area is 154 Å². The van der Waals surface area contributed by atoms with Gasteiger partial charge in [-0.25, -0.2) is 0 Å². The number of aryl methyl sites for hydroxylation is 2. The number of nitrogens with one attached hydrogen (secondary N) is 2. The van der Waals surface area contributed by atoms with Crippen LogP contribution >= 0.6 is 0 Å². The van der Waals surface area contributed by atoms with Crippen LogP contribution in [0.1, 0.15) is 57.1 Å². The second kappa shape index (κ2) is 7.32. The predicted molar refractivity (Wildman–Crippen MR) is 100 cm³/mol. The molecule has 26 heavy (non-hydrogen) atoms. The average Bonchev–Trinajstić information content (AvgIpc) is 3.01. The Hall–Kier alpha value is -2.63. The van der Waals surface area contributed by atoms with Crippen LogP contribution in [-0.2, 0) is 13.0 Å². The van der Waals surface area contributed by atoms with E-state index in [-0.39, 0.29) is 11.8 Å². The van der Waals surface area contributed by atoms with Crippen molar-refractivity contribution < 1.29 is 9.59 Å². The zero-order valence-electron chi connectivity index (χ0n) is 15.8. The third-order valence-electron chi connectivity index (χ3n) is 4.58. The van der Waals surface area contributed by atoms with Crippen molar-refractivity contribution in [1.29, 1.82) is 0 Å². The highest BCUT2D eigenvalue weighted by Crippen LogP contribution is 2.22. The average molecular weight is 354 g/mol. The Bertz CT molecular complexity index is 818. The Morgan fingerprint density at radius 2 is 1.92 bits per heavy atom. The van der Waals surface area contributed by atoms with Gasteiger partial charge in [0.05, 0.1) is 6.54 Å². The molecule has 6 heteroatoms. The highest BCUT2D eigenvalue weighted by atomic mass is 16.2. The standard InChI is InChI=1S/C20H26N4O2/c1-12(2)10-21-19(25)18-16-11-24(6-5-17(16)22-23-18)20(26)15-8-13(3)7-14(4)9-15/h7-9,12H,5-6,10-11H2,1-4H3,(H,21,25)(H,22,23). The summed E-state index contributed by atoms with van der Waals surface area (Å²) in [5.41, 5.74) is 5.02. The molecule has 6 nitrogen and oxygen atoms in total. The number of H-pyrrole nitrogens is 1. The van der Waals surface area contributed by atoms with Crippen LogP contribution in [0.2, 0.25) is 0 Å². The van der Waals surface area contributed by atoms with Crippen molar-refractivity contribution >= 4 is 11.8 Å². The van der Waals surface area contributed by atoms with Gasteiger partial charge in [0.1, 0.15) is 0 Å². The number of fused-ring (bicyclic) bond motifs is 1. The number of benzene rings is 1. The SMILES string of the molecule is Cc1cc(C)cc(C(=O)N2CCc3[nH]nc(C(=O)NCC(C)C)c3C2)c1. The summed E-state index contributed by atoms with van der Waals surface area (Å²) in [7, 11) is 0. The van der Waals surface area contributed by atoms with E-state index in [2.05, 4.69) is 21.6 Å². The molecule has 0 saturated carbocycles. The molecule has 2 aromatic rings. The normalized spacial score (nSPS) is 13.7. The summed E-state index contributed by atoms with van der Waals surface area (Å²) >= 11 is 0. The largest absolute Gasteiger partial charge is 0.350 e. The van der Waals surface area contributed by atoms with Crippen molar-refractivity contribution in [3.63, 3.8) is 0 Å². The lowest BCUT2D eigenvalue weighted by atomic mass is 10.0. The molecule has 2 heterocycles. The van der Waals surface area contributed by atoms with Gasteiger partial charge in [0.2, 0.25) is 0 Å². The summed E-state index contributed by atoms with van der Waals surface area (Å²) in [6.07, 6.45) is 0.677. The van der Waals surface area contributed by atoms with Gasteiger partial charge in [-0.3, -0.25) is 14.7 Å². The van der Waals surface area contributed by atoms with Gasteiger partial charge in [-0.1, -0.05) is 31.0 Å². The second-order valence-electron chi connectivity index (χ2n) is 7.49. The molecular formula is C20H26N4O2. The van der Waals surface area contributed by atoms with Gasteiger partial charge in [-0.05, 0) is 31.9 Å². The molecule has 0 radical (unpaired) electrons. The van der Waals surface area contributed by atoms with Crippen LogP contribution in [0.5, 0.6) is 0 Å². The number of amides is 2. The summed E-state index contributed by atoms with van der Waals surface area (Å²) in [6.45, 7) is 9.70. The molecule has 0 saturated heterocycles. The van der Waals surface area contributed by atoms with E-state index in [1.54, 1.807) is 4.90 Å². The van der Waals surface area contributed by atoms with Crippen LogP contribution in [0, 0.1) is 19.8 Å². The summed E-state index contributed by atoms with van der Waals surface area (Å²) in [6, 6.07) is 5.88. The molecule has 1 aliphatic rings. The van der Waals surface area contributed by atoms with Gasteiger partial charge >= 0.3 is 0 Å². The maximum atomic E-state index is 12.9. The first-order valence-corrected chi connectivity index (χ1v) is 9.07. The van der Waals surface area contributed by atoms with Gasteiger partial charge in [0, 0.05) is 36.3 Å². The molecule has 1 aliphatic heterocycles. The minimum atomic E-state index is -0.183. The van der Waals surface area contributed by atoms with Gasteiger partial charge in [-0.2, -0.15) is 5.10 Å². The third-order valence-corrected chi connectivity index (χ3v) is 4.58. The molecule has 3 rings (SSSR count). The minimum Gasteiger partial charge on any atom is -0.350 e. The molecule has 1 aromatic heterocycles. The van der Waals surface area contributed by atoms with E-state index in [1.807, 2.05) is 39.8 Å². The van der Waals surface area contributed by atoms with E-state index >= 15 is 0 Å². The summed E-state index contributed by atoms with van der Waals surface area (Å²) < 4.78 is 0. The monoisotopic (exact) mass is 354 g/mol. The molecule has 2 N–H and O–H groups in total. The van der Waals surface area contributed by atoms with Crippen LogP contribution in [0.25, 0.3) is 0 Å². The Morgan fingerprint density at radius 3 is 2.58 bits per heavy atom. The summed E-state index contributed by atoms with van der Waals surface area (Å²) in [5, 5.41) is 10.1. The van der Waals surface area contributed by atoms with Gasteiger partial charge in [-0.15, -0.1) is 0 Å². The highest BCUT2D eigenvalue weighted by molar-refractivity contribution is 5.96. The summed E-state index contributed by atoms with van der Waals surface area (Å²) in [4.78, 5) is 27.1. The maximum absolute atomic E-state index is 12.9. The van der Waals surface area contributed by atoms with Gasteiger partial charge in [0.15, 0.2) is 5.69 Å². The lowest BCUT2D eigenvalue weighted by molar-refractivity contribution is 0.0731. The minimum absolute atomic E-state index is 0.00260. The maximum Gasteiger partial charge on any atom is 0.272 e. The molecule has 0 atom stereocenters. The highest BCUT2D eigenvalue weighted by Gasteiger charge is 2.28. The van der Waals surface area contributed by atoms with Crippen LogP contribution in [0.15, 0.2) is 18.2 Å². The van der Waals surface area contributed by atoms with Crippen molar-refractivity contribution in [3.8, 4) is 0 Å². The van der Waals surface area contributed by atoms with Crippen molar-refractivity contribution in [2.75, 3.05) is 13.1 Å². The quantitative estimate of drug-likeness (QED) is 0.886. The molecule has 0 bridgehead atoms. The first-order chi connectivity index (χ1) is 12.3. The topological polar surface area (TPSA) is 78.1 Å². The Morgan fingerprint density at radius 1 is 1.23 bits per heavy atom. The number of carbonyl (C=O) groups excluding carboxylic acids is 2. The second-order valence-corrected chi connectivity index (χ2v) is 7.49. The number of aromatic nitrogens is 2. The molecule has 0 fully saturated rings. The fourth-order valence-electron chi connectivity index (χ4n) is 3.32. The number of hydrogen-bond donors (Lipinski definition) is 2. The van der Waals surface area contributed by atoms with Crippen LogP contribution < -0.4 is 5.32 Å². The van der Waals surface area contributed by atoms with E-state index in [9.17, 15) is 9.59 Å². The molecule has 0 aliphatic carbocycles. The number of hydrogen-bond acceptors (Lipinski definition) is 3. The smallest absolute Gasteiger partial charge is 0.272 e. The first kappa shape index (κ1) is 18.2. The number of carbonyl (C=O) groups is 2. The van der Waals surface area contributed by atoms with Crippen molar-refractivity contribution in [2.24, 2.45) is 5.92 Å². The van der Waals surface area contributed by atoms with Crippen molar-refractivity contribution in [1.82, 2.24) is 20.4 Å². The van der Waals surface area contributed by atoms with Crippen molar-refractivity contribution in [2.45, 2.75) is 40.7 Å². The molecule has 138 valence electrons. The van der Waals surface area contributed by atoms with Crippen LogP contribution in [0.3, 0.4) is 0 Å². The third kappa shape index (κ3) is 3.79. The fraction of sp³-hybridized carbons (Fsp3) is 0.450. The number of nitrogens with zero attached hydrogens (tertiary/aromatic N) is 2. The van der Waals surface area contributed by atoms with E-state index < -0.39 is 0 Å². The Balaban J connectivity index is 1.79. The zero-order chi connectivity index (χ0) is 18.8. The van der Waals surface area contributed by atoms with Crippen LogP contribution in [0.4, 0.5) is 0 Å². The lowest BCUT2D eigenvalue weighted by Crippen LogP contribution is -2.37. The summed E-state index contributed by atoms with van der Waals surface area (Å²) in [5.74, 6) is 0.186. The van der Waals surface area contributed by atoms with Crippen LogP contribution in [-0.4, -0.2) is 40.0 Å². The first-order valence-electron chi connectivity index (χ1n) is 9.07. The van der Waals surface area contributed by atoms with E-state index in [0.717, 1.165) is 22.4 Å². The van der Waals surface area contributed by atoms with Crippen molar-refractivity contribution in [3.05, 3.63) is 51.8 Å². The number of rotatable bonds is 4. The van der Waals surface area contributed by atoms with Gasteiger partial charge < -0.3 is 10.2 Å². The molecule has 2 amide bonds. The lowest BCUT2D eigenvalue weighted by Gasteiger charge is -2.27. The molecule has 0 spiro atoms. The predicted octanol–water partition coefficient (Wildman–Crippen LogP) is 2.61. The van der Waals surface area contributed by atoms with E-state index in [1.165, 1.54) is 0 Å². The van der Waals surface area contributed by atoms with Gasteiger partial charge in [0.25, 0.3) is 11.8 Å². The Kier molecular flexibility index (Phi) is 5.11.